The fraction of sp³-hybridized carbons (Fsp3) is 0.833. The molecule has 8 nitrogen and oxygen atoms in total. The molecule has 2 amide bonds. The molecule has 1 aliphatic carbocycles. The van der Waals surface area contributed by atoms with Crippen molar-refractivity contribution in [3.05, 3.63) is 0 Å². The van der Waals surface area contributed by atoms with Crippen LogP contribution in [0.25, 0.3) is 0 Å². The van der Waals surface area contributed by atoms with E-state index in [1.807, 2.05) is 4.90 Å². The molecule has 1 saturated heterocycles. The summed E-state index contributed by atoms with van der Waals surface area (Å²) < 4.78 is 4.53. The van der Waals surface area contributed by atoms with Gasteiger partial charge in [-0.2, -0.15) is 5.11 Å². The van der Waals surface area contributed by atoms with Gasteiger partial charge in [-0.15, -0.1) is 0 Å². The van der Waals surface area contributed by atoms with E-state index in [1.54, 1.807) is 0 Å². The number of amides is 2. The molecule has 0 bridgehead atoms. The lowest BCUT2D eigenvalue weighted by Gasteiger charge is -2.33. The summed E-state index contributed by atoms with van der Waals surface area (Å²) >= 11 is 0. The van der Waals surface area contributed by atoms with Gasteiger partial charge in [0.25, 0.3) is 0 Å². The Morgan fingerprint density at radius 2 is 2.05 bits per heavy atom. The smallest absolute Gasteiger partial charge is 0.407 e. The average molecular weight is 283 g/mol. The highest BCUT2D eigenvalue weighted by molar-refractivity contribution is 5.87. The number of ether oxygens (including phenoxy) is 1. The predicted octanol–water partition coefficient (Wildman–Crippen LogP) is 0.580. The molecular formula is C12H21N5O3. The number of alkyl carbamates (subject to hydrolysis) is 1. The van der Waals surface area contributed by atoms with Gasteiger partial charge in [0, 0.05) is 12.6 Å². The lowest BCUT2D eigenvalue weighted by atomic mass is 9.91. The van der Waals surface area contributed by atoms with Gasteiger partial charge in [-0.3, -0.25) is 4.79 Å². The zero-order valence-electron chi connectivity index (χ0n) is 11.6. The van der Waals surface area contributed by atoms with Crippen LogP contribution in [0.3, 0.4) is 0 Å². The first kappa shape index (κ1) is 14.5. The standard InChI is InChI=1S/C12H21N5O3/c1-20-12(19)14-10-6-7-17(11(10)18)9-4-2-8(3-5-9)15-16-13/h8-10H,2-7H2,1H3,(H2,13,15)(H,14,19)/t8-,9-,10-/m1/s1. The Hall–Kier alpha value is -1.86. The molecule has 0 aromatic rings. The Morgan fingerprint density at radius 3 is 2.65 bits per heavy atom. The second-order valence-corrected chi connectivity index (χ2v) is 5.20. The van der Waals surface area contributed by atoms with Crippen LogP contribution in [-0.4, -0.2) is 48.7 Å². The highest BCUT2D eigenvalue weighted by Gasteiger charge is 2.38. The Bertz CT molecular complexity index is 393. The molecule has 2 rings (SSSR count). The fourth-order valence-corrected chi connectivity index (χ4v) is 2.98. The topological polar surface area (TPSA) is 109 Å². The first-order valence-corrected chi connectivity index (χ1v) is 6.90. The summed E-state index contributed by atoms with van der Waals surface area (Å²) in [6, 6.07) is -0.0435. The van der Waals surface area contributed by atoms with Crippen LogP contribution in [0, 0.1) is 0 Å². The molecule has 0 radical (unpaired) electrons. The van der Waals surface area contributed by atoms with E-state index in [-0.39, 0.29) is 18.0 Å². The van der Waals surface area contributed by atoms with Crippen molar-refractivity contribution in [1.29, 1.82) is 0 Å². The summed E-state index contributed by atoms with van der Waals surface area (Å²) in [5, 5.41) is 9.86. The van der Waals surface area contributed by atoms with Crippen molar-refractivity contribution in [3.8, 4) is 0 Å². The lowest BCUT2D eigenvalue weighted by Crippen LogP contribution is -2.45. The molecule has 0 aromatic heterocycles. The van der Waals surface area contributed by atoms with Crippen LogP contribution in [0.1, 0.15) is 32.1 Å². The Kier molecular flexibility index (Phi) is 4.75. The molecular weight excluding hydrogens is 262 g/mol. The summed E-state index contributed by atoms with van der Waals surface area (Å²) in [4.78, 5) is 25.3. The highest BCUT2D eigenvalue weighted by Crippen LogP contribution is 2.28. The van der Waals surface area contributed by atoms with E-state index in [9.17, 15) is 9.59 Å². The van der Waals surface area contributed by atoms with Crippen molar-refractivity contribution in [2.24, 2.45) is 16.2 Å². The Morgan fingerprint density at radius 1 is 1.35 bits per heavy atom. The molecule has 0 spiro atoms. The molecule has 112 valence electrons. The maximum absolute atomic E-state index is 12.3. The van der Waals surface area contributed by atoms with E-state index >= 15 is 0 Å². The van der Waals surface area contributed by atoms with E-state index in [0.717, 1.165) is 25.7 Å². The van der Waals surface area contributed by atoms with Crippen molar-refractivity contribution in [2.45, 2.75) is 50.2 Å². The Labute approximate surface area is 117 Å². The van der Waals surface area contributed by atoms with Crippen molar-refractivity contribution >= 4 is 12.0 Å². The minimum absolute atomic E-state index is 0.0145. The van der Waals surface area contributed by atoms with Crippen LogP contribution < -0.4 is 11.2 Å². The number of methoxy groups -OCH3 is 1. The summed E-state index contributed by atoms with van der Waals surface area (Å²) in [5.41, 5.74) is 0. The third-order valence-corrected chi connectivity index (χ3v) is 4.05. The number of nitrogens with zero attached hydrogens (tertiary/aromatic N) is 3. The molecule has 2 fully saturated rings. The lowest BCUT2D eigenvalue weighted by molar-refractivity contribution is -0.131. The number of nitrogens with two attached hydrogens (primary N) is 1. The van der Waals surface area contributed by atoms with Crippen molar-refractivity contribution in [1.82, 2.24) is 10.2 Å². The van der Waals surface area contributed by atoms with E-state index in [1.165, 1.54) is 7.11 Å². The van der Waals surface area contributed by atoms with Gasteiger partial charge in [-0.1, -0.05) is 5.22 Å². The second kappa shape index (κ2) is 6.53. The van der Waals surface area contributed by atoms with Crippen LogP contribution in [0.4, 0.5) is 4.79 Å². The predicted molar refractivity (Wildman–Crippen MR) is 70.7 cm³/mol. The quantitative estimate of drug-likeness (QED) is 0.448. The van der Waals surface area contributed by atoms with Crippen molar-refractivity contribution in [3.63, 3.8) is 0 Å². The highest BCUT2D eigenvalue weighted by atomic mass is 16.5. The third-order valence-electron chi connectivity index (χ3n) is 4.05. The van der Waals surface area contributed by atoms with Crippen LogP contribution >= 0.6 is 0 Å². The number of nitrogens with one attached hydrogen (secondary N) is 1. The third kappa shape index (κ3) is 3.17. The van der Waals surface area contributed by atoms with Crippen molar-refractivity contribution in [2.75, 3.05) is 13.7 Å². The van der Waals surface area contributed by atoms with Gasteiger partial charge in [-0.05, 0) is 32.1 Å². The second-order valence-electron chi connectivity index (χ2n) is 5.20. The summed E-state index contributed by atoms with van der Waals surface area (Å²) in [6.45, 7) is 0.682. The molecule has 2 aliphatic rings. The van der Waals surface area contributed by atoms with E-state index < -0.39 is 12.1 Å². The van der Waals surface area contributed by atoms with Gasteiger partial charge in [0.15, 0.2) is 0 Å². The number of hydrogen-bond donors (Lipinski definition) is 2. The number of carbonyl (C=O) groups is 2. The summed E-state index contributed by atoms with van der Waals surface area (Å²) in [5.74, 6) is 5.04. The number of carbonyl (C=O) groups excluding carboxylic acids is 2. The Balaban J connectivity index is 1.86. The molecule has 1 heterocycles. The maximum Gasteiger partial charge on any atom is 0.407 e. The molecule has 8 heteroatoms. The van der Waals surface area contributed by atoms with Crippen LogP contribution in [0.5, 0.6) is 0 Å². The van der Waals surface area contributed by atoms with Gasteiger partial charge < -0.3 is 20.8 Å². The zero-order valence-corrected chi connectivity index (χ0v) is 11.6. The van der Waals surface area contributed by atoms with Gasteiger partial charge >= 0.3 is 6.09 Å². The van der Waals surface area contributed by atoms with Gasteiger partial charge in [-0.25, -0.2) is 4.79 Å². The molecule has 1 atom stereocenters. The minimum atomic E-state index is -0.558. The van der Waals surface area contributed by atoms with E-state index in [0.29, 0.717) is 13.0 Å². The molecule has 3 N–H and O–H groups in total. The monoisotopic (exact) mass is 283 g/mol. The average Bonchev–Trinajstić information content (AvgIpc) is 2.81. The first-order valence-electron chi connectivity index (χ1n) is 6.90. The first-order chi connectivity index (χ1) is 9.65. The van der Waals surface area contributed by atoms with E-state index in [4.69, 9.17) is 5.84 Å². The molecule has 0 aromatic carbocycles. The van der Waals surface area contributed by atoms with Crippen LogP contribution in [0.2, 0.25) is 0 Å². The molecule has 20 heavy (non-hydrogen) atoms. The van der Waals surface area contributed by atoms with Crippen LogP contribution in [-0.2, 0) is 9.53 Å². The SMILES string of the molecule is COC(=O)N[C@@H]1CCN([C@H]2CC[C@H](N=NN)CC2)C1=O. The molecule has 0 unspecified atom stereocenters. The number of rotatable bonds is 3. The summed E-state index contributed by atoms with van der Waals surface area (Å²) in [6.07, 6.45) is 3.67. The number of hydrogen-bond acceptors (Lipinski definition) is 5. The molecule has 1 aliphatic heterocycles. The van der Waals surface area contributed by atoms with Gasteiger partial charge in [0.05, 0.1) is 13.2 Å². The fourth-order valence-electron chi connectivity index (χ4n) is 2.98. The normalized spacial score (nSPS) is 30.8. The van der Waals surface area contributed by atoms with Gasteiger partial charge in [0.1, 0.15) is 6.04 Å². The molecule has 1 saturated carbocycles. The van der Waals surface area contributed by atoms with E-state index in [2.05, 4.69) is 20.4 Å². The largest absolute Gasteiger partial charge is 0.453 e. The zero-order chi connectivity index (χ0) is 14.5. The van der Waals surface area contributed by atoms with Crippen molar-refractivity contribution < 1.29 is 14.3 Å². The summed E-state index contributed by atoms with van der Waals surface area (Å²) in [7, 11) is 1.29. The van der Waals surface area contributed by atoms with Crippen LogP contribution in [0.15, 0.2) is 10.3 Å². The maximum atomic E-state index is 12.3. The number of likely N-dealkylation sites (tertiary alicyclic amines) is 1. The van der Waals surface area contributed by atoms with Gasteiger partial charge in [0.2, 0.25) is 5.91 Å². The minimum Gasteiger partial charge on any atom is -0.453 e.